The molecule has 0 aliphatic carbocycles. The summed E-state index contributed by atoms with van der Waals surface area (Å²) in [6.07, 6.45) is 2.80. The van der Waals surface area contributed by atoms with Crippen molar-refractivity contribution < 1.29 is 31.5 Å². The Balaban J connectivity index is 2.42. The normalized spacial score (nSPS) is 12.1. The molecule has 0 aromatic heterocycles. The fourth-order valence-electron chi connectivity index (χ4n) is 3.61. The number of amides is 2. The monoisotopic (exact) mass is 525 g/mol. The lowest BCUT2D eigenvalue weighted by molar-refractivity contribution is -0.140. The number of sulfonamides is 1. The Morgan fingerprint density at radius 1 is 1.06 bits per heavy atom. The first-order valence-electron chi connectivity index (χ1n) is 11.6. The molecule has 8 nitrogen and oxygen atoms in total. The number of carbonyl (C=O) groups excluding carboxylic acids is 2. The summed E-state index contributed by atoms with van der Waals surface area (Å²) in [6.45, 7) is 3.51. The molecule has 0 unspecified atom stereocenters. The number of ether oxygens (including phenoxy) is 1. The molecule has 0 heterocycles. The van der Waals surface area contributed by atoms with E-state index in [1.807, 2.05) is 6.92 Å². The van der Waals surface area contributed by atoms with Gasteiger partial charge in [-0.1, -0.05) is 32.4 Å². The number of hydrogen-bond donors (Lipinski definition) is 1. The van der Waals surface area contributed by atoms with Gasteiger partial charge in [-0.05, 0) is 42.7 Å². The highest BCUT2D eigenvalue weighted by atomic mass is 32.2. The van der Waals surface area contributed by atoms with E-state index >= 15 is 0 Å². The first-order chi connectivity index (χ1) is 17.0. The maximum atomic E-state index is 13.9. The lowest BCUT2D eigenvalue weighted by Gasteiger charge is -2.33. The molecular formula is C25H33F2N3O5S. The standard InChI is InChI=1S/C25H33F2N3O5S/c1-5-7-14-28-25(32)23(6-2)29(16-18-8-11-20(35-3)12-9-18)24(31)17-30(36(4,33)34)19-10-13-21(26)22(27)15-19/h8-13,15,23H,5-7,14,16-17H2,1-4H3,(H,28,32)/t23-/m0/s1. The summed E-state index contributed by atoms with van der Waals surface area (Å²) in [7, 11) is -2.52. The highest BCUT2D eigenvalue weighted by Gasteiger charge is 2.31. The van der Waals surface area contributed by atoms with Crippen LogP contribution in [0.4, 0.5) is 14.5 Å². The number of unbranched alkanes of at least 4 members (excludes halogenated alkanes) is 1. The van der Waals surface area contributed by atoms with E-state index in [1.165, 1.54) is 12.0 Å². The zero-order valence-corrected chi connectivity index (χ0v) is 21.8. The summed E-state index contributed by atoms with van der Waals surface area (Å²) in [6, 6.07) is 8.62. The topological polar surface area (TPSA) is 96.0 Å². The molecule has 2 rings (SSSR count). The Hall–Kier alpha value is -3.21. The van der Waals surface area contributed by atoms with Crippen LogP contribution >= 0.6 is 0 Å². The first kappa shape index (κ1) is 29.0. The molecule has 2 aromatic carbocycles. The summed E-state index contributed by atoms with van der Waals surface area (Å²) in [5.41, 5.74) is 0.497. The fourth-order valence-corrected chi connectivity index (χ4v) is 4.45. The minimum atomic E-state index is -4.05. The molecule has 0 saturated heterocycles. The van der Waals surface area contributed by atoms with Crippen LogP contribution in [0, 0.1) is 11.6 Å². The van der Waals surface area contributed by atoms with Gasteiger partial charge in [-0.2, -0.15) is 0 Å². The van der Waals surface area contributed by atoms with Crippen molar-refractivity contribution in [3.05, 3.63) is 59.7 Å². The Bertz CT molecular complexity index is 1140. The molecule has 198 valence electrons. The molecule has 0 spiro atoms. The number of rotatable bonds is 13. The van der Waals surface area contributed by atoms with Crippen LogP contribution in [0.25, 0.3) is 0 Å². The number of halogens is 2. The SMILES string of the molecule is CCCCNC(=O)[C@H](CC)N(Cc1ccc(OC)cc1)C(=O)CN(c1ccc(F)c(F)c1)S(C)(=O)=O. The zero-order valence-electron chi connectivity index (χ0n) is 21.0. The Labute approximate surface area is 211 Å². The Morgan fingerprint density at radius 2 is 1.72 bits per heavy atom. The van der Waals surface area contributed by atoms with Crippen LogP contribution in [0.1, 0.15) is 38.7 Å². The van der Waals surface area contributed by atoms with Gasteiger partial charge in [-0.25, -0.2) is 17.2 Å². The molecule has 0 aliphatic heterocycles. The van der Waals surface area contributed by atoms with Gasteiger partial charge >= 0.3 is 0 Å². The van der Waals surface area contributed by atoms with E-state index < -0.39 is 40.2 Å². The smallest absolute Gasteiger partial charge is 0.244 e. The van der Waals surface area contributed by atoms with Crippen molar-refractivity contribution in [1.82, 2.24) is 10.2 Å². The summed E-state index contributed by atoms with van der Waals surface area (Å²) in [4.78, 5) is 27.8. The summed E-state index contributed by atoms with van der Waals surface area (Å²) >= 11 is 0. The van der Waals surface area contributed by atoms with E-state index in [0.29, 0.717) is 28.2 Å². The van der Waals surface area contributed by atoms with Gasteiger partial charge in [0.2, 0.25) is 21.8 Å². The molecular weight excluding hydrogens is 492 g/mol. The number of nitrogens with zero attached hydrogens (tertiary/aromatic N) is 2. The van der Waals surface area contributed by atoms with E-state index in [1.54, 1.807) is 31.2 Å². The predicted molar refractivity (Wildman–Crippen MR) is 134 cm³/mol. The van der Waals surface area contributed by atoms with E-state index in [-0.39, 0.29) is 24.6 Å². The lowest BCUT2D eigenvalue weighted by Crippen LogP contribution is -2.52. The van der Waals surface area contributed by atoms with Crippen molar-refractivity contribution >= 4 is 27.5 Å². The molecule has 1 N–H and O–H groups in total. The Kier molecular flexibility index (Phi) is 10.6. The van der Waals surface area contributed by atoms with Crippen molar-refractivity contribution in [2.75, 3.05) is 30.8 Å². The molecule has 0 aliphatic rings. The highest BCUT2D eigenvalue weighted by molar-refractivity contribution is 7.92. The highest BCUT2D eigenvalue weighted by Crippen LogP contribution is 2.22. The largest absolute Gasteiger partial charge is 0.497 e. The van der Waals surface area contributed by atoms with Crippen molar-refractivity contribution in [2.24, 2.45) is 0 Å². The molecule has 0 radical (unpaired) electrons. The van der Waals surface area contributed by atoms with Gasteiger partial charge in [0.15, 0.2) is 11.6 Å². The van der Waals surface area contributed by atoms with Crippen molar-refractivity contribution in [2.45, 2.75) is 45.7 Å². The maximum Gasteiger partial charge on any atom is 0.244 e. The molecule has 2 aromatic rings. The third kappa shape index (κ3) is 7.91. The second-order valence-corrected chi connectivity index (χ2v) is 10.2. The second-order valence-electron chi connectivity index (χ2n) is 8.31. The Morgan fingerprint density at radius 3 is 2.25 bits per heavy atom. The summed E-state index contributed by atoms with van der Waals surface area (Å²) < 4.78 is 58.2. The van der Waals surface area contributed by atoms with Gasteiger partial charge in [0.1, 0.15) is 18.3 Å². The fraction of sp³-hybridized carbons (Fsp3) is 0.440. The van der Waals surface area contributed by atoms with E-state index in [4.69, 9.17) is 4.74 Å². The molecule has 1 atom stereocenters. The predicted octanol–water partition coefficient (Wildman–Crippen LogP) is 3.46. The number of nitrogens with one attached hydrogen (secondary N) is 1. The van der Waals surface area contributed by atoms with Gasteiger partial charge in [-0.15, -0.1) is 0 Å². The third-order valence-corrected chi connectivity index (χ3v) is 6.74. The van der Waals surface area contributed by atoms with E-state index in [0.717, 1.165) is 31.2 Å². The number of carbonyl (C=O) groups is 2. The summed E-state index contributed by atoms with van der Waals surface area (Å²) in [5, 5.41) is 2.83. The van der Waals surface area contributed by atoms with Crippen LogP contribution in [0.15, 0.2) is 42.5 Å². The number of benzene rings is 2. The van der Waals surface area contributed by atoms with Crippen molar-refractivity contribution in [3.8, 4) is 5.75 Å². The van der Waals surface area contributed by atoms with Crippen molar-refractivity contribution in [1.29, 1.82) is 0 Å². The molecule has 11 heteroatoms. The first-order valence-corrected chi connectivity index (χ1v) is 13.5. The molecule has 0 fully saturated rings. The van der Waals surface area contributed by atoms with Crippen LogP contribution in [-0.2, 0) is 26.2 Å². The van der Waals surface area contributed by atoms with Crippen LogP contribution in [0.5, 0.6) is 5.75 Å². The quantitative estimate of drug-likeness (QED) is 0.404. The molecule has 0 bridgehead atoms. The number of methoxy groups -OCH3 is 1. The van der Waals surface area contributed by atoms with Crippen LogP contribution in [0.2, 0.25) is 0 Å². The van der Waals surface area contributed by atoms with Gasteiger partial charge < -0.3 is 15.0 Å². The summed E-state index contributed by atoms with van der Waals surface area (Å²) in [5.74, 6) is -2.80. The van der Waals surface area contributed by atoms with E-state index in [2.05, 4.69) is 5.32 Å². The van der Waals surface area contributed by atoms with Crippen LogP contribution in [-0.4, -0.2) is 57.6 Å². The average molecular weight is 526 g/mol. The van der Waals surface area contributed by atoms with Gasteiger partial charge in [0, 0.05) is 19.2 Å². The lowest BCUT2D eigenvalue weighted by atomic mass is 10.1. The molecule has 0 saturated carbocycles. The average Bonchev–Trinajstić information content (AvgIpc) is 2.84. The van der Waals surface area contributed by atoms with Crippen LogP contribution in [0.3, 0.4) is 0 Å². The minimum Gasteiger partial charge on any atom is -0.497 e. The van der Waals surface area contributed by atoms with Gasteiger partial charge in [-0.3, -0.25) is 13.9 Å². The minimum absolute atomic E-state index is 0.0257. The van der Waals surface area contributed by atoms with Crippen molar-refractivity contribution in [3.63, 3.8) is 0 Å². The molecule has 36 heavy (non-hydrogen) atoms. The maximum absolute atomic E-state index is 13.9. The van der Waals surface area contributed by atoms with Crippen LogP contribution < -0.4 is 14.4 Å². The molecule has 2 amide bonds. The number of anilines is 1. The zero-order chi connectivity index (χ0) is 26.9. The van der Waals surface area contributed by atoms with Gasteiger partial charge in [0.25, 0.3) is 0 Å². The number of hydrogen-bond acceptors (Lipinski definition) is 5. The van der Waals surface area contributed by atoms with E-state index in [9.17, 15) is 26.8 Å². The van der Waals surface area contributed by atoms with Gasteiger partial charge in [0.05, 0.1) is 19.1 Å². The second kappa shape index (κ2) is 13.2. The third-order valence-electron chi connectivity index (χ3n) is 5.60.